The maximum Gasteiger partial charge on any atom is 0.269 e. The van der Waals surface area contributed by atoms with Gasteiger partial charge in [0.1, 0.15) is 11.8 Å². The third-order valence-corrected chi connectivity index (χ3v) is 6.93. The van der Waals surface area contributed by atoms with Crippen molar-refractivity contribution in [2.75, 3.05) is 37.7 Å². The standard InChI is InChI=1S/C27H32N8O4/c1-5-39-21-10-11-23-18(16-21)17-22(26(36)28-23)24(25-29-30-31-34(25)27(2,3)4)33-14-12-32(13-15-33)19-6-8-20(9-7-19)35(37)38/h6-11,16-17,24H,5,12-15H2,1-4H3,(H,28,36)/t24-/m1/s1. The second-order valence-electron chi connectivity index (χ2n) is 10.6. The first kappa shape index (κ1) is 26.3. The van der Waals surface area contributed by atoms with Crippen LogP contribution < -0.4 is 15.2 Å². The van der Waals surface area contributed by atoms with Gasteiger partial charge in [-0.05, 0) is 74.5 Å². The van der Waals surface area contributed by atoms with Crippen molar-refractivity contribution in [2.45, 2.75) is 39.3 Å². The quantitative estimate of drug-likeness (QED) is 0.280. The third kappa shape index (κ3) is 5.32. The normalized spacial score (nSPS) is 15.4. The fraction of sp³-hybridized carbons (Fsp3) is 0.407. The molecule has 1 aliphatic heterocycles. The summed E-state index contributed by atoms with van der Waals surface area (Å²) in [4.78, 5) is 31.6. The number of tetrazole rings is 1. The van der Waals surface area contributed by atoms with Gasteiger partial charge in [0, 0.05) is 60.5 Å². The Morgan fingerprint density at radius 3 is 2.44 bits per heavy atom. The zero-order chi connectivity index (χ0) is 27.7. The van der Waals surface area contributed by atoms with E-state index in [0.717, 1.165) is 22.3 Å². The van der Waals surface area contributed by atoms with Crippen molar-refractivity contribution in [2.24, 2.45) is 0 Å². The number of non-ortho nitro benzene ring substituents is 1. The number of hydrogen-bond acceptors (Lipinski definition) is 9. The first-order chi connectivity index (χ1) is 18.7. The molecule has 12 heteroatoms. The van der Waals surface area contributed by atoms with E-state index in [9.17, 15) is 14.9 Å². The van der Waals surface area contributed by atoms with Gasteiger partial charge >= 0.3 is 0 Å². The van der Waals surface area contributed by atoms with Gasteiger partial charge in [-0.25, -0.2) is 4.68 Å². The summed E-state index contributed by atoms with van der Waals surface area (Å²) < 4.78 is 7.47. The molecule has 1 saturated heterocycles. The monoisotopic (exact) mass is 532 g/mol. The Hall–Kier alpha value is -4.32. The molecule has 4 aromatic rings. The zero-order valence-electron chi connectivity index (χ0n) is 22.5. The summed E-state index contributed by atoms with van der Waals surface area (Å²) in [6.45, 7) is 11.2. The van der Waals surface area contributed by atoms with Crippen molar-refractivity contribution in [3.8, 4) is 5.75 Å². The van der Waals surface area contributed by atoms with Gasteiger partial charge in [-0.1, -0.05) is 0 Å². The molecule has 0 unspecified atom stereocenters. The minimum absolute atomic E-state index is 0.0643. The van der Waals surface area contributed by atoms with Crippen molar-refractivity contribution in [3.05, 3.63) is 80.4 Å². The van der Waals surface area contributed by atoms with Crippen LogP contribution in [-0.4, -0.2) is 67.8 Å². The van der Waals surface area contributed by atoms with Crippen LogP contribution in [0, 0.1) is 10.1 Å². The van der Waals surface area contributed by atoms with Crippen molar-refractivity contribution in [1.29, 1.82) is 0 Å². The molecular weight excluding hydrogens is 500 g/mol. The number of aromatic nitrogens is 5. The number of fused-ring (bicyclic) bond motifs is 1. The lowest BCUT2D eigenvalue weighted by atomic mass is 10.0. The molecule has 1 atom stereocenters. The molecule has 1 fully saturated rings. The van der Waals surface area contributed by atoms with E-state index in [1.165, 1.54) is 12.1 Å². The number of H-pyrrole nitrogens is 1. The van der Waals surface area contributed by atoms with Crippen LogP contribution in [0.3, 0.4) is 0 Å². The molecule has 2 aromatic heterocycles. The van der Waals surface area contributed by atoms with Gasteiger partial charge in [-0.2, -0.15) is 0 Å². The Labute approximate surface area is 225 Å². The largest absolute Gasteiger partial charge is 0.494 e. The van der Waals surface area contributed by atoms with Gasteiger partial charge in [0.25, 0.3) is 11.2 Å². The second kappa shape index (κ2) is 10.4. The summed E-state index contributed by atoms with van der Waals surface area (Å²) in [5, 5.41) is 24.6. The van der Waals surface area contributed by atoms with Crippen LogP contribution in [0.4, 0.5) is 11.4 Å². The average Bonchev–Trinajstić information content (AvgIpc) is 3.40. The van der Waals surface area contributed by atoms with Gasteiger partial charge in [0.05, 0.1) is 17.1 Å². The summed E-state index contributed by atoms with van der Waals surface area (Å²) >= 11 is 0. The Morgan fingerprint density at radius 1 is 1.08 bits per heavy atom. The number of nitrogens with zero attached hydrogens (tertiary/aromatic N) is 7. The molecular formula is C27H32N8O4. The topological polar surface area (TPSA) is 135 Å². The van der Waals surface area contributed by atoms with Crippen LogP contribution in [0.5, 0.6) is 5.75 Å². The van der Waals surface area contributed by atoms with E-state index in [2.05, 4.69) is 30.3 Å². The fourth-order valence-electron chi connectivity index (χ4n) is 5.03. The maximum absolute atomic E-state index is 13.5. The van der Waals surface area contributed by atoms with Crippen LogP contribution in [0.15, 0.2) is 53.3 Å². The molecule has 1 aliphatic rings. The number of benzene rings is 2. The van der Waals surface area contributed by atoms with Crippen molar-refractivity contribution < 1.29 is 9.66 Å². The van der Waals surface area contributed by atoms with Crippen molar-refractivity contribution in [3.63, 3.8) is 0 Å². The fourth-order valence-corrected chi connectivity index (χ4v) is 5.03. The lowest BCUT2D eigenvalue weighted by molar-refractivity contribution is -0.384. The molecule has 1 N–H and O–H groups in total. The van der Waals surface area contributed by atoms with E-state index < -0.39 is 16.5 Å². The lowest BCUT2D eigenvalue weighted by Crippen LogP contribution is -2.49. The predicted octanol–water partition coefficient (Wildman–Crippen LogP) is 3.49. The van der Waals surface area contributed by atoms with E-state index in [1.807, 2.05) is 52.0 Å². The van der Waals surface area contributed by atoms with Gasteiger partial charge in [-0.3, -0.25) is 19.8 Å². The molecule has 0 bridgehead atoms. The average molecular weight is 533 g/mol. The first-order valence-electron chi connectivity index (χ1n) is 13.0. The first-order valence-corrected chi connectivity index (χ1v) is 13.0. The van der Waals surface area contributed by atoms with E-state index in [-0.39, 0.29) is 11.2 Å². The highest BCUT2D eigenvalue weighted by Gasteiger charge is 2.35. The summed E-state index contributed by atoms with van der Waals surface area (Å²) in [6.07, 6.45) is 0. The van der Waals surface area contributed by atoms with Gasteiger partial charge in [-0.15, -0.1) is 5.10 Å². The SMILES string of the molecule is CCOc1ccc2[nH]c(=O)c([C@H](c3nnnn3C(C)(C)C)N3CCN(c4ccc([N+](=O)[O-])cc4)CC3)cc2c1. The highest BCUT2D eigenvalue weighted by Crippen LogP contribution is 2.31. The molecule has 2 aromatic carbocycles. The lowest BCUT2D eigenvalue weighted by Gasteiger charge is -2.40. The molecule has 3 heterocycles. The van der Waals surface area contributed by atoms with E-state index in [0.29, 0.717) is 44.2 Å². The zero-order valence-corrected chi connectivity index (χ0v) is 22.5. The predicted molar refractivity (Wildman–Crippen MR) is 147 cm³/mol. The molecule has 12 nitrogen and oxygen atoms in total. The molecule has 0 saturated carbocycles. The van der Waals surface area contributed by atoms with E-state index in [4.69, 9.17) is 4.74 Å². The number of aromatic amines is 1. The number of nitro benzene ring substituents is 1. The summed E-state index contributed by atoms with van der Waals surface area (Å²) in [6, 6.07) is 13.6. The van der Waals surface area contributed by atoms with Crippen LogP contribution in [0.1, 0.15) is 45.1 Å². The highest BCUT2D eigenvalue weighted by molar-refractivity contribution is 5.80. The molecule has 0 spiro atoms. The Morgan fingerprint density at radius 2 is 1.79 bits per heavy atom. The van der Waals surface area contributed by atoms with Gasteiger partial charge in [0.2, 0.25) is 0 Å². The summed E-state index contributed by atoms with van der Waals surface area (Å²) in [5.74, 6) is 1.33. The molecule has 39 heavy (non-hydrogen) atoms. The van der Waals surface area contributed by atoms with E-state index >= 15 is 0 Å². The number of hydrogen-bond donors (Lipinski definition) is 1. The van der Waals surface area contributed by atoms with Crippen molar-refractivity contribution in [1.82, 2.24) is 30.1 Å². The number of nitrogens with one attached hydrogen (secondary N) is 1. The number of nitro groups is 1. The van der Waals surface area contributed by atoms with Crippen molar-refractivity contribution >= 4 is 22.3 Å². The van der Waals surface area contributed by atoms with Crippen LogP contribution in [0.2, 0.25) is 0 Å². The molecule has 0 aliphatic carbocycles. The summed E-state index contributed by atoms with van der Waals surface area (Å²) in [7, 11) is 0. The van der Waals surface area contributed by atoms with Crippen LogP contribution in [-0.2, 0) is 5.54 Å². The number of anilines is 1. The van der Waals surface area contributed by atoms with E-state index in [1.54, 1.807) is 16.8 Å². The number of ether oxygens (including phenoxy) is 1. The van der Waals surface area contributed by atoms with Gasteiger partial charge < -0.3 is 14.6 Å². The minimum atomic E-state index is -0.484. The third-order valence-electron chi connectivity index (χ3n) is 6.93. The molecule has 204 valence electrons. The minimum Gasteiger partial charge on any atom is -0.494 e. The Bertz CT molecular complexity index is 1530. The number of rotatable bonds is 7. The smallest absolute Gasteiger partial charge is 0.269 e. The molecule has 0 amide bonds. The maximum atomic E-state index is 13.5. The summed E-state index contributed by atoms with van der Waals surface area (Å²) in [5.41, 5.74) is 1.67. The van der Waals surface area contributed by atoms with Gasteiger partial charge in [0.15, 0.2) is 5.82 Å². The number of pyridine rings is 1. The van der Waals surface area contributed by atoms with Crippen LogP contribution in [0.25, 0.3) is 10.9 Å². The number of piperazine rings is 1. The highest BCUT2D eigenvalue weighted by atomic mass is 16.6. The Balaban J connectivity index is 1.52. The molecule has 5 rings (SSSR count). The van der Waals surface area contributed by atoms with Crippen LogP contribution >= 0.6 is 0 Å². The Kier molecular flexibility index (Phi) is 7.04. The molecule has 0 radical (unpaired) electrons. The second-order valence-corrected chi connectivity index (χ2v) is 10.6.